The molecule has 0 amide bonds. The first-order valence-corrected chi connectivity index (χ1v) is 11.5. The third-order valence-corrected chi connectivity index (χ3v) is 6.04. The highest BCUT2D eigenvalue weighted by Gasteiger charge is 2.17. The SMILES string of the molecule is Cc1ccc(S(=O)(=O)O[CH]Cn2cc(-c3ccccc3)c(OCc3ccccc3)n2)cc1. The van der Waals surface area contributed by atoms with E-state index in [1.54, 1.807) is 16.8 Å². The molecule has 0 saturated carbocycles. The monoisotopic (exact) mass is 447 g/mol. The molecule has 1 aromatic heterocycles. The molecule has 0 saturated heterocycles. The summed E-state index contributed by atoms with van der Waals surface area (Å²) in [5, 5.41) is 4.49. The van der Waals surface area contributed by atoms with Gasteiger partial charge in [0.05, 0.1) is 17.0 Å². The van der Waals surface area contributed by atoms with E-state index in [0.29, 0.717) is 12.5 Å². The van der Waals surface area contributed by atoms with Crippen LogP contribution in [-0.2, 0) is 27.5 Å². The zero-order chi connectivity index (χ0) is 22.4. The maximum atomic E-state index is 12.4. The lowest BCUT2D eigenvalue weighted by atomic mass is 10.1. The molecule has 6 nitrogen and oxygen atoms in total. The molecule has 0 bridgehead atoms. The van der Waals surface area contributed by atoms with Gasteiger partial charge in [-0.2, -0.15) is 8.42 Å². The van der Waals surface area contributed by atoms with Crippen LogP contribution in [0.3, 0.4) is 0 Å². The normalized spacial score (nSPS) is 11.4. The minimum atomic E-state index is -3.88. The lowest BCUT2D eigenvalue weighted by Crippen LogP contribution is -2.09. The average Bonchev–Trinajstić information content (AvgIpc) is 3.22. The number of nitrogens with zero attached hydrogens (tertiary/aromatic N) is 2. The molecule has 3 aromatic carbocycles. The summed E-state index contributed by atoms with van der Waals surface area (Å²) < 4.78 is 37.4. The van der Waals surface area contributed by atoms with E-state index in [-0.39, 0.29) is 11.4 Å². The largest absolute Gasteiger partial charge is 0.471 e. The lowest BCUT2D eigenvalue weighted by Gasteiger charge is -2.06. The molecule has 163 valence electrons. The molecule has 0 aliphatic heterocycles. The number of hydrogen-bond acceptors (Lipinski definition) is 5. The van der Waals surface area contributed by atoms with Gasteiger partial charge in [0.25, 0.3) is 10.1 Å². The fourth-order valence-corrected chi connectivity index (χ4v) is 3.92. The van der Waals surface area contributed by atoms with Crippen molar-refractivity contribution < 1.29 is 17.3 Å². The Balaban J connectivity index is 1.47. The molecule has 0 aliphatic carbocycles. The Hall–Kier alpha value is -3.42. The molecule has 0 spiro atoms. The van der Waals surface area contributed by atoms with E-state index in [1.165, 1.54) is 18.7 Å². The minimum absolute atomic E-state index is 0.108. The Morgan fingerprint density at radius 2 is 1.56 bits per heavy atom. The van der Waals surface area contributed by atoms with Crippen LogP contribution < -0.4 is 4.74 Å². The van der Waals surface area contributed by atoms with Gasteiger partial charge in [-0.25, -0.2) is 0 Å². The van der Waals surface area contributed by atoms with Crippen LogP contribution in [0, 0.1) is 13.5 Å². The third-order valence-electron chi connectivity index (χ3n) is 4.80. The van der Waals surface area contributed by atoms with Crippen molar-refractivity contribution in [3.05, 3.63) is 109 Å². The molecule has 4 rings (SSSR count). The van der Waals surface area contributed by atoms with Crippen molar-refractivity contribution in [1.82, 2.24) is 9.78 Å². The van der Waals surface area contributed by atoms with Gasteiger partial charge in [0, 0.05) is 6.20 Å². The van der Waals surface area contributed by atoms with Gasteiger partial charge >= 0.3 is 0 Å². The van der Waals surface area contributed by atoms with E-state index in [0.717, 1.165) is 22.3 Å². The molecule has 4 aromatic rings. The fourth-order valence-electron chi connectivity index (χ4n) is 3.10. The molecule has 0 atom stereocenters. The smallest absolute Gasteiger partial charge is 0.297 e. The summed E-state index contributed by atoms with van der Waals surface area (Å²) in [5.74, 6) is 0.467. The first kappa shape index (κ1) is 21.8. The zero-order valence-corrected chi connectivity index (χ0v) is 18.4. The summed E-state index contributed by atoms with van der Waals surface area (Å²) in [6, 6.07) is 26.1. The Bertz CT molecular complexity index is 1250. The maximum Gasteiger partial charge on any atom is 0.297 e. The van der Waals surface area contributed by atoms with Crippen LogP contribution in [0.25, 0.3) is 11.1 Å². The second-order valence-corrected chi connectivity index (χ2v) is 8.81. The van der Waals surface area contributed by atoms with Crippen molar-refractivity contribution in [2.75, 3.05) is 0 Å². The highest BCUT2D eigenvalue weighted by Crippen LogP contribution is 2.29. The van der Waals surface area contributed by atoms with Gasteiger partial charge in [-0.3, -0.25) is 8.86 Å². The van der Waals surface area contributed by atoms with Gasteiger partial charge in [0.2, 0.25) is 5.88 Å². The van der Waals surface area contributed by atoms with Crippen molar-refractivity contribution in [2.24, 2.45) is 0 Å². The second-order valence-electron chi connectivity index (χ2n) is 7.24. The first-order valence-electron chi connectivity index (χ1n) is 10.1. The minimum Gasteiger partial charge on any atom is -0.471 e. The Morgan fingerprint density at radius 3 is 2.25 bits per heavy atom. The van der Waals surface area contributed by atoms with Gasteiger partial charge in [0.15, 0.2) is 0 Å². The first-order chi connectivity index (χ1) is 15.5. The van der Waals surface area contributed by atoms with Crippen molar-refractivity contribution in [3.63, 3.8) is 0 Å². The van der Waals surface area contributed by atoms with Crippen LogP contribution in [0.4, 0.5) is 0 Å². The molecule has 0 aliphatic rings. The zero-order valence-electron chi connectivity index (χ0n) is 17.6. The Kier molecular flexibility index (Phi) is 6.68. The quantitative estimate of drug-likeness (QED) is 0.338. The van der Waals surface area contributed by atoms with Gasteiger partial charge < -0.3 is 4.74 Å². The summed E-state index contributed by atoms with van der Waals surface area (Å²) in [4.78, 5) is 0.108. The van der Waals surface area contributed by atoms with Crippen LogP contribution in [0.1, 0.15) is 11.1 Å². The fraction of sp³-hybridized carbons (Fsp3) is 0.120. The van der Waals surface area contributed by atoms with Crippen LogP contribution in [0.15, 0.2) is 96.0 Å². The number of rotatable bonds is 9. The van der Waals surface area contributed by atoms with Crippen molar-refractivity contribution in [3.8, 4) is 17.0 Å². The standard InChI is InChI=1S/C25H23N2O4S/c1-20-12-14-23(15-13-20)32(28,29)31-17-16-27-18-24(22-10-6-3-7-11-22)25(26-27)30-19-21-8-4-2-5-9-21/h2-15,17-18H,16,19H2,1H3. The van der Waals surface area contributed by atoms with Crippen LogP contribution >= 0.6 is 0 Å². The number of hydrogen-bond donors (Lipinski definition) is 0. The van der Waals surface area contributed by atoms with E-state index in [9.17, 15) is 8.42 Å². The van der Waals surface area contributed by atoms with E-state index >= 15 is 0 Å². The molecule has 0 fully saturated rings. The summed E-state index contributed by atoms with van der Waals surface area (Å²) >= 11 is 0. The van der Waals surface area contributed by atoms with Crippen LogP contribution in [0.2, 0.25) is 0 Å². The maximum absolute atomic E-state index is 12.4. The van der Waals surface area contributed by atoms with Gasteiger partial charge in [-0.15, -0.1) is 5.10 Å². The number of ether oxygens (including phenoxy) is 1. The molecule has 1 heterocycles. The van der Waals surface area contributed by atoms with E-state index in [1.807, 2.05) is 73.8 Å². The van der Waals surface area contributed by atoms with E-state index in [4.69, 9.17) is 8.92 Å². The van der Waals surface area contributed by atoms with Crippen LogP contribution in [0.5, 0.6) is 5.88 Å². The van der Waals surface area contributed by atoms with Gasteiger partial charge in [-0.05, 0) is 30.2 Å². The van der Waals surface area contributed by atoms with Crippen molar-refractivity contribution in [2.45, 2.75) is 25.0 Å². The predicted molar refractivity (Wildman–Crippen MR) is 122 cm³/mol. The highest BCUT2D eigenvalue weighted by atomic mass is 32.2. The van der Waals surface area contributed by atoms with Crippen LogP contribution in [-0.4, -0.2) is 18.2 Å². The average molecular weight is 448 g/mol. The van der Waals surface area contributed by atoms with E-state index < -0.39 is 10.1 Å². The summed E-state index contributed by atoms with van der Waals surface area (Å²) in [6.07, 6.45) is 1.81. The highest BCUT2D eigenvalue weighted by molar-refractivity contribution is 7.86. The number of benzene rings is 3. The van der Waals surface area contributed by atoms with Crippen molar-refractivity contribution in [1.29, 1.82) is 0 Å². The Morgan fingerprint density at radius 1 is 0.906 bits per heavy atom. The summed E-state index contributed by atoms with van der Waals surface area (Å²) in [6.45, 7) is 3.63. The molecule has 0 unspecified atom stereocenters. The van der Waals surface area contributed by atoms with Crippen molar-refractivity contribution >= 4 is 10.1 Å². The second kappa shape index (κ2) is 9.80. The molecule has 1 radical (unpaired) electrons. The molecule has 7 heteroatoms. The summed E-state index contributed by atoms with van der Waals surface area (Å²) in [7, 11) is -3.88. The van der Waals surface area contributed by atoms with Gasteiger partial charge in [-0.1, -0.05) is 78.4 Å². The molecular weight excluding hydrogens is 424 g/mol. The lowest BCUT2D eigenvalue weighted by molar-refractivity contribution is 0.289. The van der Waals surface area contributed by atoms with Gasteiger partial charge in [0.1, 0.15) is 13.2 Å². The predicted octanol–water partition coefficient (Wildman–Crippen LogP) is 5.00. The number of aromatic nitrogens is 2. The van der Waals surface area contributed by atoms with E-state index in [2.05, 4.69) is 5.10 Å². The molecule has 32 heavy (non-hydrogen) atoms. The topological polar surface area (TPSA) is 70.4 Å². The summed E-state index contributed by atoms with van der Waals surface area (Å²) in [5.41, 5.74) is 3.77. The molecular formula is C25H23N2O4S. The third kappa shape index (κ3) is 5.43. The Labute approximate surface area is 188 Å². The number of aryl methyl sites for hydroxylation is 1. The molecule has 0 N–H and O–H groups in total.